The number of aryl methyl sites for hydroxylation is 1. The second-order valence-electron chi connectivity index (χ2n) is 6.11. The molecule has 2 aromatic carbocycles. The lowest BCUT2D eigenvalue weighted by atomic mass is 10.1. The van der Waals surface area contributed by atoms with Crippen molar-refractivity contribution in [3.05, 3.63) is 59.7 Å². The van der Waals surface area contributed by atoms with Gasteiger partial charge >= 0.3 is 0 Å². The van der Waals surface area contributed by atoms with E-state index in [-0.39, 0.29) is 6.10 Å². The Morgan fingerprint density at radius 1 is 1.12 bits per heavy atom. The van der Waals surface area contributed by atoms with Crippen LogP contribution in [0.2, 0.25) is 0 Å². The topological polar surface area (TPSA) is 58.6 Å². The number of ether oxygens (including phenoxy) is 1. The number of hydrogen-bond acceptors (Lipinski definition) is 4. The maximum absolute atomic E-state index is 12.5. The fourth-order valence-electron chi connectivity index (χ4n) is 2.81. The lowest BCUT2D eigenvalue weighted by Crippen LogP contribution is -2.35. The Balaban J connectivity index is 1.75. The molecule has 1 heterocycles. The van der Waals surface area contributed by atoms with Crippen LogP contribution in [0.15, 0.2) is 53.4 Å². The van der Waals surface area contributed by atoms with Crippen LogP contribution in [0, 0.1) is 6.92 Å². The molecule has 0 spiro atoms. The van der Waals surface area contributed by atoms with E-state index in [1.165, 1.54) is 0 Å². The van der Waals surface area contributed by atoms with Crippen molar-refractivity contribution < 1.29 is 13.2 Å². The molecule has 0 radical (unpaired) electrons. The van der Waals surface area contributed by atoms with Gasteiger partial charge in [0.05, 0.1) is 17.6 Å². The van der Waals surface area contributed by atoms with Crippen molar-refractivity contribution in [1.29, 1.82) is 0 Å². The first-order valence-electron chi connectivity index (χ1n) is 7.94. The molecule has 0 saturated carbocycles. The van der Waals surface area contributed by atoms with Gasteiger partial charge in [-0.25, -0.2) is 8.42 Å². The van der Waals surface area contributed by atoms with Gasteiger partial charge in [-0.3, -0.25) is 4.72 Å². The first-order valence-corrected chi connectivity index (χ1v) is 9.42. The number of likely N-dealkylation sites (N-methyl/N-ethyl adjacent to an activating group) is 1. The second kappa shape index (κ2) is 6.93. The Morgan fingerprint density at radius 3 is 2.50 bits per heavy atom. The van der Waals surface area contributed by atoms with Gasteiger partial charge in [-0.2, -0.15) is 0 Å². The van der Waals surface area contributed by atoms with Crippen LogP contribution < -0.4 is 4.72 Å². The molecule has 1 saturated heterocycles. The van der Waals surface area contributed by atoms with Crippen LogP contribution in [0.1, 0.15) is 17.2 Å². The number of nitrogens with zero attached hydrogens (tertiary/aromatic N) is 1. The molecule has 1 unspecified atom stereocenters. The van der Waals surface area contributed by atoms with Crippen LogP contribution in [0.5, 0.6) is 0 Å². The van der Waals surface area contributed by atoms with E-state index in [9.17, 15) is 8.42 Å². The minimum Gasteiger partial charge on any atom is -0.371 e. The summed E-state index contributed by atoms with van der Waals surface area (Å²) in [6, 6.07) is 14.3. The highest BCUT2D eigenvalue weighted by Gasteiger charge is 2.20. The van der Waals surface area contributed by atoms with Crippen LogP contribution in [-0.2, 0) is 14.8 Å². The van der Waals surface area contributed by atoms with E-state index < -0.39 is 10.0 Å². The summed E-state index contributed by atoms with van der Waals surface area (Å²) in [6.07, 6.45) is 0.0331. The van der Waals surface area contributed by atoms with Gasteiger partial charge in [0.25, 0.3) is 10.0 Å². The molecule has 2 aromatic rings. The van der Waals surface area contributed by atoms with E-state index in [0.29, 0.717) is 17.2 Å². The van der Waals surface area contributed by atoms with E-state index >= 15 is 0 Å². The first kappa shape index (κ1) is 17.0. The molecule has 1 atom stereocenters. The number of nitrogens with one attached hydrogen (secondary N) is 1. The minimum absolute atomic E-state index is 0.0331. The summed E-state index contributed by atoms with van der Waals surface area (Å²) in [7, 11) is -1.51. The molecule has 6 heteroatoms. The van der Waals surface area contributed by atoms with Crippen molar-refractivity contribution in [2.45, 2.75) is 17.9 Å². The fraction of sp³-hybridized carbons (Fsp3) is 0.333. The monoisotopic (exact) mass is 346 g/mol. The maximum Gasteiger partial charge on any atom is 0.262 e. The number of hydrogen-bond donors (Lipinski definition) is 1. The van der Waals surface area contributed by atoms with Gasteiger partial charge < -0.3 is 9.64 Å². The Kier molecular flexibility index (Phi) is 4.89. The summed E-state index contributed by atoms with van der Waals surface area (Å²) < 4.78 is 33.4. The van der Waals surface area contributed by atoms with Gasteiger partial charge in [0.15, 0.2) is 0 Å². The normalized spacial score (nSPS) is 19.2. The fourth-order valence-corrected chi connectivity index (χ4v) is 4.12. The van der Waals surface area contributed by atoms with Crippen LogP contribution >= 0.6 is 0 Å². The molecular formula is C18H22N2O3S. The standard InChI is InChI=1S/C18H22N2O3S/c1-14-5-3-4-6-18(14)24(21,22)19-16-9-7-15(8-10-16)17-13-20(2)11-12-23-17/h3-10,17,19H,11-13H2,1-2H3. The molecule has 1 aliphatic heterocycles. The highest BCUT2D eigenvalue weighted by Crippen LogP contribution is 2.24. The van der Waals surface area contributed by atoms with Gasteiger partial charge in [-0.05, 0) is 43.3 Å². The Labute approximate surface area is 143 Å². The summed E-state index contributed by atoms with van der Waals surface area (Å²) in [5, 5.41) is 0. The Morgan fingerprint density at radius 2 is 1.83 bits per heavy atom. The molecule has 24 heavy (non-hydrogen) atoms. The number of rotatable bonds is 4. The van der Waals surface area contributed by atoms with E-state index in [0.717, 1.165) is 24.2 Å². The van der Waals surface area contributed by atoms with Crippen molar-refractivity contribution >= 4 is 15.7 Å². The van der Waals surface area contributed by atoms with E-state index in [2.05, 4.69) is 16.7 Å². The molecular weight excluding hydrogens is 324 g/mol. The van der Waals surface area contributed by atoms with Crippen molar-refractivity contribution in [3.8, 4) is 0 Å². The molecule has 1 fully saturated rings. The molecule has 1 aliphatic rings. The molecule has 0 bridgehead atoms. The molecule has 3 rings (SSSR count). The van der Waals surface area contributed by atoms with Gasteiger partial charge in [0, 0.05) is 18.8 Å². The van der Waals surface area contributed by atoms with E-state index in [4.69, 9.17) is 4.74 Å². The largest absolute Gasteiger partial charge is 0.371 e. The van der Waals surface area contributed by atoms with Gasteiger partial charge in [0.1, 0.15) is 0 Å². The summed E-state index contributed by atoms with van der Waals surface area (Å²) in [5.74, 6) is 0. The highest BCUT2D eigenvalue weighted by atomic mass is 32.2. The van der Waals surface area contributed by atoms with Crippen LogP contribution in [0.4, 0.5) is 5.69 Å². The molecule has 0 amide bonds. The van der Waals surface area contributed by atoms with Crippen LogP contribution in [0.25, 0.3) is 0 Å². The second-order valence-corrected chi connectivity index (χ2v) is 7.77. The number of sulfonamides is 1. The summed E-state index contributed by atoms with van der Waals surface area (Å²) in [6.45, 7) is 4.27. The van der Waals surface area contributed by atoms with E-state index in [1.54, 1.807) is 37.3 Å². The smallest absolute Gasteiger partial charge is 0.262 e. The average Bonchev–Trinajstić information content (AvgIpc) is 2.55. The van der Waals surface area contributed by atoms with Gasteiger partial charge in [0.2, 0.25) is 0 Å². The van der Waals surface area contributed by atoms with Crippen molar-refractivity contribution in [3.63, 3.8) is 0 Å². The molecule has 1 N–H and O–H groups in total. The zero-order chi connectivity index (χ0) is 17.2. The lowest BCUT2D eigenvalue weighted by Gasteiger charge is -2.30. The summed E-state index contributed by atoms with van der Waals surface area (Å²) in [4.78, 5) is 2.52. The van der Waals surface area contributed by atoms with Crippen LogP contribution in [-0.4, -0.2) is 40.1 Å². The Hall–Kier alpha value is -1.89. The lowest BCUT2D eigenvalue weighted by molar-refractivity contribution is -0.0208. The third-order valence-electron chi connectivity index (χ3n) is 4.19. The molecule has 5 nitrogen and oxygen atoms in total. The predicted molar refractivity (Wildman–Crippen MR) is 94.6 cm³/mol. The average molecular weight is 346 g/mol. The maximum atomic E-state index is 12.5. The van der Waals surface area contributed by atoms with Gasteiger partial charge in [-0.15, -0.1) is 0 Å². The van der Waals surface area contributed by atoms with Crippen molar-refractivity contribution in [1.82, 2.24) is 4.90 Å². The van der Waals surface area contributed by atoms with Crippen molar-refractivity contribution in [2.75, 3.05) is 31.5 Å². The zero-order valence-corrected chi connectivity index (χ0v) is 14.7. The third-order valence-corrected chi connectivity index (χ3v) is 5.73. The quantitative estimate of drug-likeness (QED) is 0.925. The number of anilines is 1. The number of morpholine rings is 1. The SMILES string of the molecule is Cc1ccccc1S(=O)(=O)Nc1ccc(C2CN(C)CCO2)cc1. The Bertz CT molecular complexity index is 803. The molecule has 0 aromatic heterocycles. The zero-order valence-electron chi connectivity index (χ0n) is 13.9. The summed E-state index contributed by atoms with van der Waals surface area (Å²) >= 11 is 0. The molecule has 0 aliphatic carbocycles. The van der Waals surface area contributed by atoms with Crippen molar-refractivity contribution in [2.24, 2.45) is 0 Å². The molecule has 128 valence electrons. The van der Waals surface area contributed by atoms with Gasteiger partial charge in [-0.1, -0.05) is 30.3 Å². The third kappa shape index (κ3) is 3.77. The predicted octanol–water partition coefficient (Wildman–Crippen LogP) is 2.80. The van der Waals surface area contributed by atoms with E-state index in [1.807, 2.05) is 18.2 Å². The first-order chi connectivity index (χ1) is 11.5. The van der Waals surface area contributed by atoms with Crippen LogP contribution in [0.3, 0.4) is 0 Å². The number of benzene rings is 2. The highest BCUT2D eigenvalue weighted by molar-refractivity contribution is 7.92. The minimum atomic E-state index is -3.58. The summed E-state index contributed by atoms with van der Waals surface area (Å²) in [5.41, 5.74) is 2.33.